The van der Waals surface area contributed by atoms with Crippen LogP contribution in [0.1, 0.15) is 0 Å². The lowest BCUT2D eigenvalue weighted by Gasteiger charge is -2.10. The van der Waals surface area contributed by atoms with Gasteiger partial charge in [-0.15, -0.1) is 0 Å². The van der Waals surface area contributed by atoms with Crippen LogP contribution in [0.3, 0.4) is 0 Å². The minimum Gasteiger partial charge on any atom is -0.392 e. The van der Waals surface area contributed by atoms with Gasteiger partial charge in [-0.1, -0.05) is 41.9 Å². The molecule has 0 saturated heterocycles. The normalized spacial score (nSPS) is 10.8. The fraction of sp³-hybridized carbons (Fsp3) is 0.0625. The van der Waals surface area contributed by atoms with Crippen LogP contribution in [0.2, 0.25) is 5.02 Å². The second-order valence-electron chi connectivity index (χ2n) is 4.75. The lowest BCUT2D eigenvalue weighted by atomic mass is 10.1. The third-order valence-electron chi connectivity index (χ3n) is 3.42. The molecule has 0 bridgehead atoms. The van der Waals surface area contributed by atoms with Gasteiger partial charge in [0.05, 0.1) is 11.4 Å². The molecule has 0 saturated carbocycles. The number of nitrogens with zero attached hydrogens (tertiary/aromatic N) is 2. The summed E-state index contributed by atoms with van der Waals surface area (Å²) in [5, 5.41) is 0.643. The first-order valence-electron chi connectivity index (χ1n) is 6.48. The highest BCUT2D eigenvalue weighted by Gasteiger charge is 2.17. The fourth-order valence-corrected chi connectivity index (χ4v) is 2.56. The van der Waals surface area contributed by atoms with E-state index in [1.165, 1.54) is 0 Å². The molecule has 0 amide bonds. The van der Waals surface area contributed by atoms with Gasteiger partial charge in [0.1, 0.15) is 5.69 Å². The Labute approximate surface area is 127 Å². The van der Waals surface area contributed by atoms with Crippen molar-refractivity contribution in [2.24, 2.45) is 7.05 Å². The highest BCUT2D eigenvalue weighted by atomic mass is 35.5. The smallest absolute Gasteiger partial charge is 0.295 e. The number of halogens is 1. The Balaban J connectivity index is 2.25. The molecule has 3 aromatic rings. The summed E-state index contributed by atoms with van der Waals surface area (Å²) in [6.07, 6.45) is 0. The van der Waals surface area contributed by atoms with Gasteiger partial charge in [0.15, 0.2) is 0 Å². The topological polar surface area (TPSA) is 52.9 Å². The number of hydrogen-bond acceptors (Lipinski definition) is 2. The van der Waals surface area contributed by atoms with Gasteiger partial charge in [0.25, 0.3) is 5.56 Å². The van der Waals surface area contributed by atoms with Gasteiger partial charge < -0.3 is 5.73 Å². The molecule has 0 atom stereocenters. The molecule has 1 heterocycles. The van der Waals surface area contributed by atoms with Crippen molar-refractivity contribution in [3.8, 4) is 16.9 Å². The molecule has 0 fully saturated rings. The zero-order valence-electron chi connectivity index (χ0n) is 11.5. The standard InChI is InChI=1S/C16H14ClN3O/c1-19-15(11-7-9-12(17)10-8-11)14(18)16(21)20(19)13-5-3-2-4-6-13/h2-10H,18H2,1H3. The van der Waals surface area contributed by atoms with Crippen LogP contribution in [0.4, 0.5) is 5.69 Å². The number of hydrogen-bond donors (Lipinski definition) is 1. The van der Waals surface area contributed by atoms with Gasteiger partial charge in [0, 0.05) is 17.6 Å². The molecule has 3 rings (SSSR count). The van der Waals surface area contributed by atoms with Gasteiger partial charge in [-0.2, -0.15) is 0 Å². The molecular formula is C16H14ClN3O. The van der Waals surface area contributed by atoms with Gasteiger partial charge in [-0.3, -0.25) is 9.48 Å². The first-order chi connectivity index (χ1) is 10.1. The molecule has 0 spiro atoms. The first kappa shape index (κ1) is 13.5. The molecule has 0 aliphatic carbocycles. The maximum Gasteiger partial charge on any atom is 0.295 e. The average molecular weight is 300 g/mol. The number of rotatable bonds is 2. The lowest BCUT2D eigenvalue weighted by Crippen LogP contribution is -2.20. The number of benzene rings is 2. The van der Waals surface area contributed by atoms with Crippen LogP contribution in [0.15, 0.2) is 59.4 Å². The highest BCUT2D eigenvalue weighted by Crippen LogP contribution is 2.26. The average Bonchev–Trinajstić information content (AvgIpc) is 2.72. The number of nitrogen functional groups attached to an aromatic ring is 1. The molecule has 2 aromatic carbocycles. The Kier molecular flexibility index (Phi) is 3.31. The fourth-order valence-electron chi connectivity index (χ4n) is 2.44. The molecule has 0 unspecified atom stereocenters. The quantitative estimate of drug-likeness (QED) is 0.790. The molecule has 0 aliphatic rings. The van der Waals surface area contributed by atoms with Crippen LogP contribution < -0.4 is 11.3 Å². The Bertz CT molecular complexity index is 832. The summed E-state index contributed by atoms with van der Waals surface area (Å²) < 4.78 is 3.31. The lowest BCUT2D eigenvalue weighted by molar-refractivity contribution is 0.652. The van der Waals surface area contributed by atoms with Crippen LogP contribution in [-0.4, -0.2) is 9.36 Å². The van der Waals surface area contributed by atoms with Gasteiger partial charge in [-0.25, -0.2) is 4.68 Å². The van der Waals surface area contributed by atoms with Crippen molar-refractivity contribution in [2.45, 2.75) is 0 Å². The van der Waals surface area contributed by atoms with E-state index < -0.39 is 0 Å². The highest BCUT2D eigenvalue weighted by molar-refractivity contribution is 6.30. The second kappa shape index (κ2) is 5.14. The van der Waals surface area contributed by atoms with Crippen molar-refractivity contribution >= 4 is 17.3 Å². The zero-order valence-corrected chi connectivity index (χ0v) is 12.2. The van der Waals surface area contributed by atoms with Crippen molar-refractivity contribution in [2.75, 3.05) is 5.73 Å². The molecule has 1 aromatic heterocycles. The number of nitrogens with two attached hydrogens (primary N) is 1. The molecule has 21 heavy (non-hydrogen) atoms. The number of anilines is 1. The summed E-state index contributed by atoms with van der Waals surface area (Å²) in [7, 11) is 1.81. The van der Waals surface area contributed by atoms with Crippen molar-refractivity contribution < 1.29 is 0 Å². The molecule has 0 aliphatic heterocycles. The summed E-state index contributed by atoms with van der Waals surface area (Å²) in [5.41, 5.74) is 8.33. The molecular weight excluding hydrogens is 286 g/mol. The van der Waals surface area contributed by atoms with Crippen LogP contribution >= 0.6 is 11.6 Å². The minimum absolute atomic E-state index is 0.226. The number of aromatic nitrogens is 2. The molecule has 4 nitrogen and oxygen atoms in total. The maximum absolute atomic E-state index is 12.4. The zero-order chi connectivity index (χ0) is 15.0. The van der Waals surface area contributed by atoms with Crippen LogP contribution in [0.5, 0.6) is 0 Å². The maximum atomic E-state index is 12.4. The number of para-hydroxylation sites is 1. The summed E-state index contributed by atoms with van der Waals surface area (Å²) in [6.45, 7) is 0. The van der Waals surface area contributed by atoms with Crippen molar-refractivity contribution in [1.29, 1.82) is 0 Å². The molecule has 0 radical (unpaired) electrons. The minimum atomic E-state index is -0.228. The third kappa shape index (κ3) is 2.23. The van der Waals surface area contributed by atoms with E-state index in [2.05, 4.69) is 0 Å². The Morgan fingerprint density at radius 1 is 1.00 bits per heavy atom. The second-order valence-corrected chi connectivity index (χ2v) is 5.18. The van der Waals surface area contributed by atoms with Crippen LogP contribution in [-0.2, 0) is 7.05 Å². The monoisotopic (exact) mass is 299 g/mol. The van der Waals surface area contributed by atoms with Crippen molar-refractivity contribution in [3.05, 3.63) is 70.0 Å². The Hall–Kier alpha value is -2.46. The van der Waals surface area contributed by atoms with Crippen molar-refractivity contribution in [1.82, 2.24) is 9.36 Å². The summed E-state index contributed by atoms with van der Waals surface area (Å²) in [6, 6.07) is 16.7. The predicted octanol–water partition coefficient (Wildman–Crippen LogP) is 3.08. The van der Waals surface area contributed by atoms with Gasteiger partial charge in [-0.05, 0) is 24.3 Å². The van der Waals surface area contributed by atoms with Gasteiger partial charge in [0.2, 0.25) is 0 Å². The van der Waals surface area contributed by atoms with Crippen molar-refractivity contribution in [3.63, 3.8) is 0 Å². The summed E-state index contributed by atoms with van der Waals surface area (Å²) >= 11 is 5.91. The van der Waals surface area contributed by atoms with Gasteiger partial charge >= 0.3 is 0 Å². The predicted molar refractivity (Wildman–Crippen MR) is 85.9 cm³/mol. The SMILES string of the molecule is Cn1c(-c2ccc(Cl)cc2)c(N)c(=O)n1-c1ccccc1. The van der Waals surface area contributed by atoms with E-state index >= 15 is 0 Å². The summed E-state index contributed by atoms with van der Waals surface area (Å²) in [4.78, 5) is 12.4. The van der Waals surface area contributed by atoms with Crippen LogP contribution in [0.25, 0.3) is 16.9 Å². The van der Waals surface area contributed by atoms with E-state index in [0.29, 0.717) is 10.7 Å². The van der Waals surface area contributed by atoms with E-state index in [4.69, 9.17) is 17.3 Å². The van der Waals surface area contributed by atoms with Crippen LogP contribution in [0, 0.1) is 0 Å². The molecule has 5 heteroatoms. The summed E-state index contributed by atoms with van der Waals surface area (Å²) in [5.74, 6) is 0. The van der Waals surface area contributed by atoms with E-state index in [1.807, 2.05) is 49.5 Å². The first-order valence-corrected chi connectivity index (χ1v) is 6.86. The molecule has 2 N–H and O–H groups in total. The Morgan fingerprint density at radius 2 is 1.62 bits per heavy atom. The van der Waals surface area contributed by atoms with E-state index in [1.54, 1.807) is 21.5 Å². The molecule has 106 valence electrons. The van der Waals surface area contributed by atoms with E-state index in [0.717, 1.165) is 11.3 Å². The largest absolute Gasteiger partial charge is 0.392 e. The van der Waals surface area contributed by atoms with E-state index in [9.17, 15) is 4.79 Å². The Morgan fingerprint density at radius 3 is 2.24 bits per heavy atom. The van der Waals surface area contributed by atoms with E-state index in [-0.39, 0.29) is 11.2 Å². The third-order valence-corrected chi connectivity index (χ3v) is 3.67.